The van der Waals surface area contributed by atoms with Crippen LogP contribution in [0.2, 0.25) is 0 Å². The lowest BCUT2D eigenvalue weighted by atomic mass is 10.0. The molecular formula is C9H14ClNO. The molecule has 2 rings (SSSR count). The molecule has 2 heterocycles. The summed E-state index contributed by atoms with van der Waals surface area (Å²) in [4.78, 5) is 0. The maximum atomic E-state index is 5.03. The van der Waals surface area contributed by atoms with Crippen LogP contribution in [0.3, 0.4) is 0 Å². The van der Waals surface area contributed by atoms with E-state index in [1.54, 1.807) is 6.26 Å². The van der Waals surface area contributed by atoms with Crippen LogP contribution in [0, 0.1) is 0 Å². The summed E-state index contributed by atoms with van der Waals surface area (Å²) >= 11 is 0. The third kappa shape index (κ3) is 2.02. The Balaban J connectivity index is 0.000000720. The van der Waals surface area contributed by atoms with E-state index in [9.17, 15) is 0 Å². The van der Waals surface area contributed by atoms with E-state index in [0.717, 1.165) is 6.54 Å². The fraction of sp³-hybridized carbons (Fsp3) is 0.556. The normalized spacial score (nSPS) is 23.2. The van der Waals surface area contributed by atoms with Gasteiger partial charge in [0, 0.05) is 11.6 Å². The first-order valence-corrected chi connectivity index (χ1v) is 4.22. The van der Waals surface area contributed by atoms with E-state index >= 15 is 0 Å². The molecule has 68 valence electrons. The highest BCUT2D eigenvalue weighted by atomic mass is 35.5. The zero-order valence-electron chi connectivity index (χ0n) is 6.95. The SMILES string of the molecule is Cl.c1cc([C@@H]2CCCCN2)co1. The predicted octanol–water partition coefficient (Wildman–Crippen LogP) is 2.52. The predicted molar refractivity (Wildman–Crippen MR) is 50.6 cm³/mol. The fourth-order valence-electron chi connectivity index (χ4n) is 1.61. The first kappa shape index (κ1) is 9.62. The Hall–Kier alpha value is -0.470. The first-order valence-electron chi connectivity index (χ1n) is 4.22. The topological polar surface area (TPSA) is 25.2 Å². The molecule has 1 aliphatic rings. The van der Waals surface area contributed by atoms with E-state index in [1.807, 2.05) is 12.3 Å². The number of hydrogen-bond acceptors (Lipinski definition) is 2. The Kier molecular flexibility index (Phi) is 3.63. The summed E-state index contributed by atoms with van der Waals surface area (Å²) in [6, 6.07) is 2.59. The molecule has 0 amide bonds. The summed E-state index contributed by atoms with van der Waals surface area (Å²) in [6.45, 7) is 1.15. The first-order chi connectivity index (χ1) is 5.47. The molecule has 1 aromatic heterocycles. The largest absolute Gasteiger partial charge is 0.472 e. The van der Waals surface area contributed by atoms with Crippen LogP contribution < -0.4 is 5.32 Å². The van der Waals surface area contributed by atoms with Gasteiger partial charge >= 0.3 is 0 Å². The molecule has 0 radical (unpaired) electrons. The minimum atomic E-state index is 0. The Morgan fingerprint density at radius 1 is 1.42 bits per heavy atom. The third-order valence-corrected chi connectivity index (χ3v) is 2.26. The van der Waals surface area contributed by atoms with Gasteiger partial charge in [0.25, 0.3) is 0 Å². The van der Waals surface area contributed by atoms with Crippen molar-refractivity contribution < 1.29 is 4.42 Å². The van der Waals surface area contributed by atoms with Crippen LogP contribution in [-0.4, -0.2) is 6.54 Å². The molecule has 1 aromatic rings. The van der Waals surface area contributed by atoms with Gasteiger partial charge in [0.15, 0.2) is 0 Å². The lowest BCUT2D eigenvalue weighted by Crippen LogP contribution is -2.26. The minimum Gasteiger partial charge on any atom is -0.472 e. The highest BCUT2D eigenvalue weighted by Crippen LogP contribution is 2.22. The van der Waals surface area contributed by atoms with E-state index in [4.69, 9.17) is 4.42 Å². The van der Waals surface area contributed by atoms with Crippen LogP contribution in [0.15, 0.2) is 23.0 Å². The van der Waals surface area contributed by atoms with Gasteiger partial charge in [-0.2, -0.15) is 0 Å². The molecule has 1 saturated heterocycles. The molecule has 0 spiro atoms. The summed E-state index contributed by atoms with van der Waals surface area (Å²) in [5, 5.41) is 3.46. The number of furan rings is 1. The molecule has 1 atom stereocenters. The second kappa shape index (κ2) is 4.53. The van der Waals surface area contributed by atoms with Crippen molar-refractivity contribution in [3.63, 3.8) is 0 Å². The highest BCUT2D eigenvalue weighted by Gasteiger charge is 2.14. The summed E-state index contributed by atoms with van der Waals surface area (Å²) in [7, 11) is 0. The summed E-state index contributed by atoms with van der Waals surface area (Å²) in [6.07, 6.45) is 7.48. The summed E-state index contributed by atoms with van der Waals surface area (Å²) in [5.41, 5.74) is 1.30. The van der Waals surface area contributed by atoms with E-state index in [1.165, 1.54) is 24.8 Å². The van der Waals surface area contributed by atoms with Crippen LogP contribution in [-0.2, 0) is 0 Å². The average Bonchev–Trinajstić information content (AvgIpc) is 2.58. The van der Waals surface area contributed by atoms with Crippen molar-refractivity contribution in [3.8, 4) is 0 Å². The van der Waals surface area contributed by atoms with Gasteiger partial charge in [-0.25, -0.2) is 0 Å². The molecule has 2 nitrogen and oxygen atoms in total. The molecule has 12 heavy (non-hydrogen) atoms. The Morgan fingerprint density at radius 3 is 2.92 bits per heavy atom. The molecule has 0 unspecified atom stereocenters. The monoisotopic (exact) mass is 187 g/mol. The summed E-state index contributed by atoms with van der Waals surface area (Å²) in [5.74, 6) is 0. The van der Waals surface area contributed by atoms with Crippen LogP contribution in [0.25, 0.3) is 0 Å². The van der Waals surface area contributed by atoms with Gasteiger partial charge < -0.3 is 9.73 Å². The molecule has 0 aromatic carbocycles. The van der Waals surface area contributed by atoms with Crippen LogP contribution in [0.1, 0.15) is 30.9 Å². The van der Waals surface area contributed by atoms with E-state index in [-0.39, 0.29) is 12.4 Å². The fourth-order valence-corrected chi connectivity index (χ4v) is 1.61. The second-order valence-corrected chi connectivity index (χ2v) is 3.06. The van der Waals surface area contributed by atoms with Crippen molar-refractivity contribution in [2.24, 2.45) is 0 Å². The zero-order chi connectivity index (χ0) is 7.52. The Bertz CT molecular complexity index is 204. The zero-order valence-corrected chi connectivity index (χ0v) is 7.77. The molecule has 0 bridgehead atoms. The standard InChI is InChI=1S/C9H13NO.ClH/c1-2-5-10-9(3-1)8-4-6-11-7-8;/h4,6-7,9-10H,1-3,5H2;1H/t9-;/m0./s1. The van der Waals surface area contributed by atoms with Crippen LogP contribution in [0.5, 0.6) is 0 Å². The van der Waals surface area contributed by atoms with Crippen LogP contribution >= 0.6 is 12.4 Å². The number of hydrogen-bond donors (Lipinski definition) is 1. The van der Waals surface area contributed by atoms with Crippen molar-refractivity contribution in [2.75, 3.05) is 6.54 Å². The van der Waals surface area contributed by atoms with E-state index < -0.39 is 0 Å². The van der Waals surface area contributed by atoms with E-state index in [0.29, 0.717) is 6.04 Å². The Morgan fingerprint density at radius 2 is 2.33 bits per heavy atom. The molecule has 1 N–H and O–H groups in total. The maximum absolute atomic E-state index is 5.03. The van der Waals surface area contributed by atoms with Gasteiger partial charge in [0.2, 0.25) is 0 Å². The molecule has 0 saturated carbocycles. The quantitative estimate of drug-likeness (QED) is 0.731. The molecule has 0 aliphatic carbocycles. The lowest BCUT2D eigenvalue weighted by Gasteiger charge is -2.21. The summed E-state index contributed by atoms with van der Waals surface area (Å²) < 4.78 is 5.03. The number of piperidine rings is 1. The lowest BCUT2D eigenvalue weighted by molar-refractivity contribution is 0.409. The third-order valence-electron chi connectivity index (χ3n) is 2.26. The number of halogens is 1. The smallest absolute Gasteiger partial charge is 0.0950 e. The maximum Gasteiger partial charge on any atom is 0.0950 e. The van der Waals surface area contributed by atoms with Crippen LogP contribution in [0.4, 0.5) is 0 Å². The van der Waals surface area contributed by atoms with Gasteiger partial charge in [-0.05, 0) is 25.5 Å². The van der Waals surface area contributed by atoms with Gasteiger partial charge in [-0.3, -0.25) is 0 Å². The number of rotatable bonds is 1. The van der Waals surface area contributed by atoms with Gasteiger partial charge in [0.05, 0.1) is 12.5 Å². The molecule has 3 heteroatoms. The van der Waals surface area contributed by atoms with Gasteiger partial charge in [-0.1, -0.05) is 6.42 Å². The van der Waals surface area contributed by atoms with Crippen molar-refractivity contribution in [3.05, 3.63) is 24.2 Å². The van der Waals surface area contributed by atoms with E-state index in [2.05, 4.69) is 5.32 Å². The number of nitrogens with one attached hydrogen (secondary N) is 1. The van der Waals surface area contributed by atoms with Crippen molar-refractivity contribution in [1.29, 1.82) is 0 Å². The molecule has 1 fully saturated rings. The van der Waals surface area contributed by atoms with Gasteiger partial charge in [0.1, 0.15) is 0 Å². The Labute approximate surface area is 78.7 Å². The van der Waals surface area contributed by atoms with Gasteiger partial charge in [-0.15, -0.1) is 12.4 Å². The molecular weight excluding hydrogens is 174 g/mol. The highest BCUT2D eigenvalue weighted by molar-refractivity contribution is 5.85. The average molecular weight is 188 g/mol. The van der Waals surface area contributed by atoms with Crippen molar-refractivity contribution in [1.82, 2.24) is 5.32 Å². The minimum absolute atomic E-state index is 0. The molecule has 1 aliphatic heterocycles. The van der Waals surface area contributed by atoms with Crippen molar-refractivity contribution >= 4 is 12.4 Å². The second-order valence-electron chi connectivity index (χ2n) is 3.06. The van der Waals surface area contributed by atoms with Crippen molar-refractivity contribution in [2.45, 2.75) is 25.3 Å².